The fourth-order valence-electron chi connectivity index (χ4n) is 2.77. The molecule has 3 atom stereocenters. The summed E-state index contributed by atoms with van der Waals surface area (Å²) in [6.45, 7) is 11.5. The van der Waals surface area contributed by atoms with Crippen LogP contribution in [-0.4, -0.2) is 36.8 Å². The van der Waals surface area contributed by atoms with Gasteiger partial charge in [0, 0.05) is 18.8 Å². The minimum Gasteiger partial charge on any atom is -0.375 e. The summed E-state index contributed by atoms with van der Waals surface area (Å²) in [5.41, 5.74) is 1.25. The molecule has 0 radical (unpaired) electrons. The van der Waals surface area contributed by atoms with Crippen molar-refractivity contribution in [1.29, 1.82) is 0 Å². The van der Waals surface area contributed by atoms with Gasteiger partial charge in [0.15, 0.2) is 0 Å². The maximum Gasteiger partial charge on any atom is 0.128 e. The van der Waals surface area contributed by atoms with Gasteiger partial charge in [0.1, 0.15) is 5.82 Å². The maximum atomic E-state index is 5.76. The van der Waals surface area contributed by atoms with Crippen molar-refractivity contribution in [2.24, 2.45) is 0 Å². The number of nitrogens with one attached hydrogen (secondary N) is 1. The van der Waals surface area contributed by atoms with Gasteiger partial charge in [0.05, 0.1) is 18.8 Å². The van der Waals surface area contributed by atoms with Gasteiger partial charge in [-0.1, -0.05) is 19.9 Å². The minimum atomic E-state index is 0.277. The van der Waals surface area contributed by atoms with Gasteiger partial charge >= 0.3 is 0 Å². The summed E-state index contributed by atoms with van der Waals surface area (Å²) >= 11 is 0. The highest BCUT2D eigenvalue weighted by Gasteiger charge is 2.26. The van der Waals surface area contributed by atoms with Crippen LogP contribution in [0.25, 0.3) is 0 Å². The van der Waals surface area contributed by atoms with Gasteiger partial charge in [0.25, 0.3) is 0 Å². The molecule has 118 valence electrons. The van der Waals surface area contributed by atoms with Crippen molar-refractivity contribution in [1.82, 2.24) is 10.3 Å². The second kappa shape index (κ2) is 7.76. The van der Waals surface area contributed by atoms with Crippen LogP contribution in [0.4, 0.5) is 5.82 Å². The Morgan fingerprint density at radius 1 is 1.43 bits per heavy atom. The minimum absolute atomic E-state index is 0.277. The Balaban J connectivity index is 2.06. The molecule has 1 aliphatic rings. The SMILES string of the molecule is CCCNC(C)c1ccc(N2CC(C)OCC2CC)nc1. The summed E-state index contributed by atoms with van der Waals surface area (Å²) in [5, 5.41) is 3.50. The van der Waals surface area contributed by atoms with E-state index < -0.39 is 0 Å². The Morgan fingerprint density at radius 3 is 2.86 bits per heavy atom. The molecule has 2 heterocycles. The fraction of sp³-hybridized carbons (Fsp3) is 0.706. The molecule has 1 N–H and O–H groups in total. The average molecular weight is 291 g/mol. The Bertz CT molecular complexity index is 421. The van der Waals surface area contributed by atoms with Crippen molar-refractivity contribution in [3.05, 3.63) is 23.9 Å². The number of hydrogen-bond donors (Lipinski definition) is 1. The van der Waals surface area contributed by atoms with Crippen molar-refractivity contribution in [2.75, 3.05) is 24.6 Å². The second-order valence-corrected chi connectivity index (χ2v) is 5.98. The fourth-order valence-corrected chi connectivity index (χ4v) is 2.77. The van der Waals surface area contributed by atoms with Crippen LogP contribution < -0.4 is 10.2 Å². The summed E-state index contributed by atoms with van der Waals surface area (Å²) in [4.78, 5) is 7.09. The lowest BCUT2D eigenvalue weighted by Crippen LogP contribution is -2.49. The van der Waals surface area contributed by atoms with Crippen LogP contribution in [0.15, 0.2) is 18.3 Å². The van der Waals surface area contributed by atoms with E-state index in [2.05, 4.69) is 50.0 Å². The molecule has 1 fully saturated rings. The van der Waals surface area contributed by atoms with Crippen LogP contribution in [0.5, 0.6) is 0 Å². The molecule has 1 aromatic rings. The van der Waals surface area contributed by atoms with E-state index in [1.807, 2.05) is 6.20 Å². The van der Waals surface area contributed by atoms with Gasteiger partial charge in [0.2, 0.25) is 0 Å². The quantitative estimate of drug-likeness (QED) is 0.873. The number of ether oxygens (including phenoxy) is 1. The van der Waals surface area contributed by atoms with Crippen molar-refractivity contribution < 1.29 is 4.74 Å². The molecule has 0 aliphatic carbocycles. The first-order valence-electron chi connectivity index (χ1n) is 8.23. The van der Waals surface area contributed by atoms with E-state index in [4.69, 9.17) is 9.72 Å². The molecule has 2 rings (SSSR count). The van der Waals surface area contributed by atoms with Gasteiger partial charge in [-0.05, 0) is 44.9 Å². The van der Waals surface area contributed by atoms with E-state index in [0.29, 0.717) is 12.1 Å². The molecular formula is C17H29N3O. The van der Waals surface area contributed by atoms with E-state index in [0.717, 1.165) is 38.4 Å². The van der Waals surface area contributed by atoms with Crippen LogP contribution in [0.3, 0.4) is 0 Å². The van der Waals surface area contributed by atoms with Crippen molar-refractivity contribution in [2.45, 2.75) is 58.7 Å². The largest absolute Gasteiger partial charge is 0.375 e. The molecule has 0 amide bonds. The molecule has 4 heteroatoms. The number of rotatable bonds is 6. The molecule has 3 unspecified atom stereocenters. The number of hydrogen-bond acceptors (Lipinski definition) is 4. The van der Waals surface area contributed by atoms with E-state index >= 15 is 0 Å². The van der Waals surface area contributed by atoms with E-state index in [1.54, 1.807) is 0 Å². The molecule has 0 bridgehead atoms. The highest BCUT2D eigenvalue weighted by Crippen LogP contribution is 2.23. The third-order valence-corrected chi connectivity index (χ3v) is 4.20. The predicted molar refractivity (Wildman–Crippen MR) is 87.8 cm³/mol. The van der Waals surface area contributed by atoms with Crippen LogP contribution >= 0.6 is 0 Å². The molecule has 0 saturated carbocycles. The summed E-state index contributed by atoms with van der Waals surface area (Å²) in [6, 6.07) is 5.15. The zero-order valence-electron chi connectivity index (χ0n) is 13.8. The predicted octanol–water partition coefficient (Wildman–Crippen LogP) is 3.15. The molecule has 21 heavy (non-hydrogen) atoms. The highest BCUT2D eigenvalue weighted by molar-refractivity contribution is 5.41. The number of nitrogens with zero attached hydrogens (tertiary/aromatic N) is 2. The number of pyridine rings is 1. The number of anilines is 1. The van der Waals surface area contributed by atoms with Gasteiger partial charge in [-0.2, -0.15) is 0 Å². The highest BCUT2D eigenvalue weighted by atomic mass is 16.5. The molecule has 4 nitrogen and oxygen atoms in total. The summed E-state index contributed by atoms with van der Waals surface area (Å²) in [6.07, 6.45) is 4.53. The Hall–Kier alpha value is -1.13. The lowest BCUT2D eigenvalue weighted by Gasteiger charge is -2.39. The van der Waals surface area contributed by atoms with E-state index in [9.17, 15) is 0 Å². The van der Waals surface area contributed by atoms with Gasteiger partial charge in [-0.15, -0.1) is 0 Å². The van der Waals surface area contributed by atoms with Crippen LogP contribution in [0, 0.1) is 0 Å². The first-order valence-corrected chi connectivity index (χ1v) is 8.23. The summed E-state index contributed by atoms with van der Waals surface area (Å²) in [5.74, 6) is 1.07. The summed E-state index contributed by atoms with van der Waals surface area (Å²) < 4.78 is 5.76. The second-order valence-electron chi connectivity index (χ2n) is 5.98. The third kappa shape index (κ3) is 4.17. The lowest BCUT2D eigenvalue weighted by atomic mass is 10.1. The monoisotopic (exact) mass is 291 g/mol. The Morgan fingerprint density at radius 2 is 2.24 bits per heavy atom. The Labute approximate surface area is 128 Å². The summed E-state index contributed by atoms with van der Waals surface area (Å²) in [7, 11) is 0. The van der Waals surface area contributed by atoms with Crippen molar-refractivity contribution >= 4 is 5.82 Å². The van der Waals surface area contributed by atoms with Gasteiger partial charge in [-0.3, -0.25) is 0 Å². The normalized spacial score (nSPS) is 24.1. The number of morpholine rings is 1. The molecule has 0 spiro atoms. The standard InChI is InChI=1S/C17H29N3O/c1-5-9-18-14(4)15-7-8-17(19-10-15)20-11-13(3)21-12-16(20)6-2/h7-8,10,13-14,16,18H,5-6,9,11-12H2,1-4H3. The molecule has 0 aromatic carbocycles. The van der Waals surface area contributed by atoms with Crippen molar-refractivity contribution in [3.63, 3.8) is 0 Å². The first kappa shape index (κ1) is 16.2. The van der Waals surface area contributed by atoms with Gasteiger partial charge < -0.3 is 15.0 Å². The van der Waals surface area contributed by atoms with E-state index in [1.165, 1.54) is 5.56 Å². The van der Waals surface area contributed by atoms with E-state index in [-0.39, 0.29) is 6.10 Å². The first-order chi connectivity index (χ1) is 10.2. The maximum absolute atomic E-state index is 5.76. The molecule has 1 saturated heterocycles. The van der Waals surface area contributed by atoms with Crippen molar-refractivity contribution in [3.8, 4) is 0 Å². The van der Waals surface area contributed by atoms with Crippen LogP contribution in [-0.2, 0) is 4.74 Å². The molecule has 1 aliphatic heterocycles. The number of aromatic nitrogens is 1. The van der Waals surface area contributed by atoms with Crippen LogP contribution in [0.1, 0.15) is 52.1 Å². The zero-order valence-corrected chi connectivity index (χ0v) is 13.8. The lowest BCUT2D eigenvalue weighted by molar-refractivity contribution is 0.0296. The smallest absolute Gasteiger partial charge is 0.128 e. The zero-order chi connectivity index (χ0) is 15.2. The average Bonchev–Trinajstić information content (AvgIpc) is 2.52. The van der Waals surface area contributed by atoms with Gasteiger partial charge in [-0.25, -0.2) is 4.98 Å². The molecule has 1 aromatic heterocycles. The topological polar surface area (TPSA) is 37.4 Å². The Kier molecular flexibility index (Phi) is 6.00. The molecular weight excluding hydrogens is 262 g/mol. The third-order valence-electron chi connectivity index (χ3n) is 4.20. The van der Waals surface area contributed by atoms with Crippen LogP contribution in [0.2, 0.25) is 0 Å².